The summed E-state index contributed by atoms with van der Waals surface area (Å²) in [5.41, 5.74) is 16.1. The summed E-state index contributed by atoms with van der Waals surface area (Å²) in [6.45, 7) is 0. The Morgan fingerprint density at radius 1 is 0.318 bits per heavy atom. The van der Waals surface area contributed by atoms with Gasteiger partial charge in [-0.05, 0) is 84.6 Å². The van der Waals surface area contributed by atoms with Crippen LogP contribution in [0.3, 0.4) is 0 Å². The number of furan rings is 1. The van der Waals surface area contributed by atoms with Gasteiger partial charge in [-0.15, -0.1) is 0 Å². The molecule has 0 N–H and O–H groups in total. The van der Waals surface area contributed by atoms with E-state index in [2.05, 4.69) is 176 Å². The third-order valence-corrected chi connectivity index (χ3v) is 13.4. The molecule has 4 heteroatoms. The molecule has 66 heavy (non-hydrogen) atoms. The first-order valence-corrected chi connectivity index (χ1v) is 22.4. The number of fused-ring (bicyclic) bond motifs is 7. The van der Waals surface area contributed by atoms with Crippen LogP contribution in [-0.4, -0.2) is 15.0 Å². The van der Waals surface area contributed by atoms with E-state index in [-0.39, 0.29) is 0 Å². The van der Waals surface area contributed by atoms with Crippen LogP contribution >= 0.6 is 0 Å². The van der Waals surface area contributed by atoms with Crippen LogP contribution in [-0.2, 0) is 5.41 Å². The number of rotatable bonds is 7. The molecular weight excluding hydrogens is 803 g/mol. The summed E-state index contributed by atoms with van der Waals surface area (Å²) in [6, 6.07) is 84.4. The lowest BCUT2D eigenvalue weighted by molar-refractivity contribution is 0.669. The monoisotopic (exact) mass is 841 g/mol. The molecule has 2 heterocycles. The Bertz CT molecular complexity index is 3760. The smallest absolute Gasteiger partial charge is 0.164 e. The quantitative estimate of drug-likeness (QED) is 0.160. The fourth-order valence-corrected chi connectivity index (χ4v) is 10.5. The molecule has 1 aliphatic rings. The molecule has 0 bridgehead atoms. The molecule has 0 amide bonds. The Kier molecular flexibility index (Phi) is 8.72. The van der Waals surface area contributed by atoms with Gasteiger partial charge < -0.3 is 4.42 Å². The number of nitrogens with zero attached hydrogens (tertiary/aromatic N) is 3. The number of benzene rings is 10. The fraction of sp³-hybridized carbons (Fsp3) is 0.0161. The predicted octanol–water partition coefficient (Wildman–Crippen LogP) is 15.6. The van der Waals surface area contributed by atoms with E-state index in [1.165, 1.54) is 55.3 Å². The van der Waals surface area contributed by atoms with E-state index in [4.69, 9.17) is 19.4 Å². The minimum atomic E-state index is -0.499. The molecule has 0 radical (unpaired) electrons. The summed E-state index contributed by atoms with van der Waals surface area (Å²) < 4.78 is 6.29. The van der Waals surface area contributed by atoms with Crippen molar-refractivity contribution < 1.29 is 4.42 Å². The van der Waals surface area contributed by atoms with Gasteiger partial charge in [-0.1, -0.05) is 218 Å². The van der Waals surface area contributed by atoms with Crippen molar-refractivity contribution in [2.24, 2.45) is 0 Å². The van der Waals surface area contributed by atoms with Gasteiger partial charge in [0.05, 0.1) is 5.41 Å². The van der Waals surface area contributed by atoms with Crippen LogP contribution in [0.25, 0.3) is 100 Å². The molecule has 0 aliphatic heterocycles. The molecule has 1 aliphatic carbocycles. The Balaban J connectivity index is 0.979. The van der Waals surface area contributed by atoms with Crippen molar-refractivity contribution in [1.29, 1.82) is 0 Å². The summed E-state index contributed by atoms with van der Waals surface area (Å²) in [6.07, 6.45) is 0. The molecule has 13 rings (SSSR count). The second kappa shape index (κ2) is 15.2. The number of para-hydroxylation sites is 1. The molecule has 0 atom stereocenters. The largest absolute Gasteiger partial charge is 0.456 e. The van der Waals surface area contributed by atoms with Gasteiger partial charge in [-0.3, -0.25) is 0 Å². The van der Waals surface area contributed by atoms with Crippen molar-refractivity contribution in [3.8, 4) is 67.5 Å². The Morgan fingerprint density at radius 3 is 1.61 bits per heavy atom. The van der Waals surface area contributed by atoms with Crippen molar-refractivity contribution in [3.63, 3.8) is 0 Å². The maximum Gasteiger partial charge on any atom is 0.164 e. The average molecular weight is 842 g/mol. The van der Waals surface area contributed by atoms with Crippen LogP contribution in [0.15, 0.2) is 241 Å². The van der Waals surface area contributed by atoms with Crippen molar-refractivity contribution in [2.45, 2.75) is 5.41 Å². The maximum absolute atomic E-state index is 6.29. The van der Waals surface area contributed by atoms with Gasteiger partial charge >= 0.3 is 0 Å². The normalized spacial score (nSPS) is 12.7. The maximum atomic E-state index is 6.29. The van der Waals surface area contributed by atoms with Crippen molar-refractivity contribution >= 4 is 32.7 Å². The van der Waals surface area contributed by atoms with Gasteiger partial charge in [0, 0.05) is 27.5 Å². The van der Waals surface area contributed by atoms with Gasteiger partial charge in [-0.2, -0.15) is 0 Å². The van der Waals surface area contributed by atoms with Crippen LogP contribution in [0.4, 0.5) is 0 Å². The Hall–Kier alpha value is -8.73. The molecule has 0 spiro atoms. The first-order chi connectivity index (χ1) is 32.7. The third kappa shape index (κ3) is 5.89. The highest BCUT2D eigenvalue weighted by Crippen LogP contribution is 2.57. The van der Waals surface area contributed by atoms with Crippen LogP contribution in [0.5, 0.6) is 0 Å². The van der Waals surface area contributed by atoms with E-state index in [0.29, 0.717) is 17.5 Å². The average Bonchev–Trinajstić information content (AvgIpc) is 3.93. The van der Waals surface area contributed by atoms with E-state index in [1.807, 2.05) is 60.7 Å². The van der Waals surface area contributed by atoms with Crippen molar-refractivity contribution in [1.82, 2.24) is 15.0 Å². The molecule has 308 valence electrons. The molecule has 10 aromatic carbocycles. The van der Waals surface area contributed by atoms with E-state index in [0.717, 1.165) is 49.8 Å². The first kappa shape index (κ1) is 37.8. The summed E-state index contributed by atoms with van der Waals surface area (Å²) in [4.78, 5) is 15.4. The van der Waals surface area contributed by atoms with Crippen LogP contribution < -0.4 is 0 Å². The summed E-state index contributed by atoms with van der Waals surface area (Å²) in [7, 11) is 0. The lowest BCUT2D eigenvalue weighted by atomic mass is 9.67. The van der Waals surface area contributed by atoms with Crippen LogP contribution in [0, 0.1) is 0 Å². The fourth-order valence-electron chi connectivity index (χ4n) is 10.5. The highest BCUT2D eigenvalue weighted by molar-refractivity contribution is 6.12. The zero-order valence-corrected chi connectivity index (χ0v) is 35.8. The van der Waals surface area contributed by atoms with Crippen molar-refractivity contribution in [3.05, 3.63) is 259 Å². The second-order valence-corrected chi connectivity index (χ2v) is 17.0. The summed E-state index contributed by atoms with van der Waals surface area (Å²) >= 11 is 0. The molecule has 4 nitrogen and oxygen atoms in total. The van der Waals surface area contributed by atoms with E-state index in [1.54, 1.807) is 0 Å². The van der Waals surface area contributed by atoms with Gasteiger partial charge in [0.2, 0.25) is 0 Å². The van der Waals surface area contributed by atoms with Crippen LogP contribution in [0.1, 0.15) is 22.3 Å². The first-order valence-electron chi connectivity index (χ1n) is 22.4. The SMILES string of the molecule is c1ccc(-c2nc(-c3ccc(-c4c(-c5ccc6c(c5)C(c5ccccc5)(c5ccccc5)c5ccccc5-6)ccc5ccccc45)cc3)nc(-c3cccc4oc5ccccc5c34)n2)cc1. The molecule has 2 aromatic heterocycles. The lowest BCUT2D eigenvalue weighted by Crippen LogP contribution is -2.28. The lowest BCUT2D eigenvalue weighted by Gasteiger charge is -2.34. The molecule has 12 aromatic rings. The van der Waals surface area contributed by atoms with E-state index >= 15 is 0 Å². The highest BCUT2D eigenvalue weighted by Gasteiger charge is 2.46. The second-order valence-electron chi connectivity index (χ2n) is 17.0. The number of aromatic nitrogens is 3. The molecular formula is C62H39N3O. The van der Waals surface area contributed by atoms with Crippen molar-refractivity contribution in [2.75, 3.05) is 0 Å². The zero-order valence-electron chi connectivity index (χ0n) is 35.8. The number of hydrogen-bond donors (Lipinski definition) is 0. The van der Waals surface area contributed by atoms with Gasteiger partial charge in [0.25, 0.3) is 0 Å². The van der Waals surface area contributed by atoms with Gasteiger partial charge in [0.1, 0.15) is 11.2 Å². The summed E-state index contributed by atoms with van der Waals surface area (Å²) in [5.74, 6) is 1.81. The predicted molar refractivity (Wildman–Crippen MR) is 269 cm³/mol. The molecule has 0 saturated carbocycles. The minimum absolute atomic E-state index is 0.499. The standard InChI is InChI=1S/C62H39N3O/c1-4-18-42(19-5-1)59-63-60(65-61(64-59)52-27-16-30-56-58(52)51-26-13-15-29-55(51)66-56)43-33-31-41(32-34-43)57-47-24-11-10-17-40(47)35-37-48(57)44-36-38-50-49-25-12-14-28-53(49)62(54(50)39-44,45-20-6-2-7-21-45)46-22-8-3-9-23-46/h1-39H. The molecule has 0 saturated heterocycles. The molecule has 0 unspecified atom stereocenters. The van der Waals surface area contributed by atoms with Gasteiger partial charge in [0.15, 0.2) is 17.5 Å². The Labute approximate surface area is 382 Å². The zero-order chi connectivity index (χ0) is 43.6. The topological polar surface area (TPSA) is 51.8 Å². The van der Waals surface area contributed by atoms with Crippen LogP contribution in [0.2, 0.25) is 0 Å². The third-order valence-electron chi connectivity index (χ3n) is 13.4. The van der Waals surface area contributed by atoms with E-state index < -0.39 is 5.41 Å². The minimum Gasteiger partial charge on any atom is -0.456 e. The number of hydrogen-bond acceptors (Lipinski definition) is 4. The summed E-state index contributed by atoms with van der Waals surface area (Å²) in [5, 5.41) is 4.40. The van der Waals surface area contributed by atoms with Gasteiger partial charge in [-0.25, -0.2) is 15.0 Å². The Morgan fingerprint density at radius 2 is 0.848 bits per heavy atom. The molecule has 0 fully saturated rings. The van der Waals surface area contributed by atoms with E-state index in [9.17, 15) is 0 Å². The highest BCUT2D eigenvalue weighted by atomic mass is 16.3.